The lowest BCUT2D eigenvalue weighted by atomic mass is 10.1. The highest BCUT2D eigenvalue weighted by Crippen LogP contribution is 2.34. The lowest BCUT2D eigenvalue weighted by molar-refractivity contribution is -0.255. The van der Waals surface area contributed by atoms with E-state index in [4.69, 9.17) is 0 Å². The summed E-state index contributed by atoms with van der Waals surface area (Å²) in [4.78, 5) is 30.6. The number of carboxylic acids is 1. The largest absolute Gasteiger partial charge is 0.545 e. The first-order valence-corrected chi connectivity index (χ1v) is 9.56. The van der Waals surface area contributed by atoms with Crippen LogP contribution in [0.4, 0.5) is 5.69 Å². The minimum absolute atomic E-state index is 0.0768. The lowest BCUT2D eigenvalue weighted by Crippen LogP contribution is -2.30. The van der Waals surface area contributed by atoms with Gasteiger partial charge in [-0.2, -0.15) is 0 Å². The number of benzene rings is 2. The lowest BCUT2D eigenvalue weighted by Gasteiger charge is -2.14. The van der Waals surface area contributed by atoms with Gasteiger partial charge >= 0.3 is 0 Å². The highest BCUT2D eigenvalue weighted by molar-refractivity contribution is 8.18. The van der Waals surface area contributed by atoms with Crippen molar-refractivity contribution in [2.24, 2.45) is 4.99 Å². The molecule has 27 heavy (non-hydrogen) atoms. The molecule has 0 radical (unpaired) electrons. The van der Waals surface area contributed by atoms with E-state index in [1.807, 2.05) is 30.3 Å². The number of carbonyl (C=O) groups excluding carboxylic acids is 2. The van der Waals surface area contributed by atoms with Crippen LogP contribution in [0.3, 0.4) is 0 Å². The number of amides is 1. The summed E-state index contributed by atoms with van der Waals surface area (Å²) >= 11 is 1.34. The van der Waals surface area contributed by atoms with Crippen molar-refractivity contribution in [1.29, 1.82) is 0 Å². The zero-order chi connectivity index (χ0) is 19.2. The number of hydrogen-bond donors (Lipinski definition) is 0. The number of aromatic carboxylic acids is 1. The van der Waals surface area contributed by atoms with E-state index in [1.165, 1.54) is 23.9 Å². The van der Waals surface area contributed by atoms with Crippen LogP contribution in [0.15, 0.2) is 64.5 Å². The Hall–Kier alpha value is -2.86. The predicted octanol–water partition coefficient (Wildman–Crippen LogP) is 3.45. The monoisotopic (exact) mass is 379 g/mol. The van der Waals surface area contributed by atoms with E-state index in [1.54, 1.807) is 23.1 Å². The zero-order valence-electron chi connectivity index (χ0n) is 14.9. The number of para-hydroxylation sites is 1. The number of thioether (sulfide) groups is 1. The molecule has 1 amide bonds. The summed E-state index contributed by atoms with van der Waals surface area (Å²) in [5.74, 6) is -1.30. The maximum absolute atomic E-state index is 12.8. The molecule has 3 rings (SSSR count). The third-order valence-electron chi connectivity index (χ3n) is 4.05. The maximum Gasteiger partial charge on any atom is 0.266 e. The molecule has 0 saturated carbocycles. The molecule has 1 saturated heterocycles. The van der Waals surface area contributed by atoms with E-state index >= 15 is 0 Å². The highest BCUT2D eigenvalue weighted by Gasteiger charge is 2.32. The van der Waals surface area contributed by atoms with Crippen LogP contribution >= 0.6 is 11.8 Å². The van der Waals surface area contributed by atoms with Gasteiger partial charge in [-0.3, -0.25) is 9.69 Å². The molecule has 6 heteroatoms. The Bertz CT molecular complexity index is 889. The number of carbonyl (C=O) groups is 2. The molecule has 0 aliphatic carbocycles. The zero-order valence-corrected chi connectivity index (χ0v) is 15.7. The number of unbranched alkanes of at least 4 members (excludes halogenated alkanes) is 1. The first-order chi connectivity index (χ1) is 13.1. The van der Waals surface area contributed by atoms with Gasteiger partial charge < -0.3 is 9.90 Å². The van der Waals surface area contributed by atoms with Crippen molar-refractivity contribution in [3.63, 3.8) is 0 Å². The third-order valence-corrected chi connectivity index (χ3v) is 5.06. The maximum atomic E-state index is 12.8. The van der Waals surface area contributed by atoms with Gasteiger partial charge in [0.05, 0.1) is 16.6 Å². The fraction of sp³-hybridized carbons (Fsp3) is 0.190. The van der Waals surface area contributed by atoms with Crippen LogP contribution in [-0.4, -0.2) is 28.5 Å². The minimum Gasteiger partial charge on any atom is -0.545 e. The van der Waals surface area contributed by atoms with Crippen molar-refractivity contribution in [3.05, 3.63) is 70.6 Å². The number of hydrogen-bond acceptors (Lipinski definition) is 5. The molecule has 0 bridgehead atoms. The van der Waals surface area contributed by atoms with Crippen LogP contribution in [0.1, 0.15) is 35.7 Å². The molecule has 1 aliphatic heterocycles. The van der Waals surface area contributed by atoms with Gasteiger partial charge in [-0.05, 0) is 47.5 Å². The van der Waals surface area contributed by atoms with Crippen molar-refractivity contribution < 1.29 is 14.7 Å². The van der Waals surface area contributed by atoms with Gasteiger partial charge in [0.2, 0.25) is 0 Å². The van der Waals surface area contributed by atoms with E-state index in [0.29, 0.717) is 16.6 Å². The predicted molar refractivity (Wildman–Crippen MR) is 106 cm³/mol. The van der Waals surface area contributed by atoms with Crippen LogP contribution in [0.2, 0.25) is 0 Å². The molecule has 2 aromatic carbocycles. The molecule has 1 fully saturated rings. The van der Waals surface area contributed by atoms with Gasteiger partial charge in [-0.25, -0.2) is 4.99 Å². The Morgan fingerprint density at radius 3 is 2.48 bits per heavy atom. The summed E-state index contributed by atoms with van der Waals surface area (Å²) in [6.07, 6.45) is 3.64. The number of nitrogens with zero attached hydrogens (tertiary/aromatic N) is 2. The normalized spacial score (nSPS) is 17.1. The van der Waals surface area contributed by atoms with Crippen molar-refractivity contribution >= 4 is 40.6 Å². The van der Waals surface area contributed by atoms with Crippen molar-refractivity contribution in [2.75, 3.05) is 6.54 Å². The van der Waals surface area contributed by atoms with Gasteiger partial charge in [0.1, 0.15) is 0 Å². The average Bonchev–Trinajstić information content (AvgIpc) is 2.96. The first kappa shape index (κ1) is 18.9. The number of aliphatic imine (C=N–C) groups is 1. The van der Waals surface area contributed by atoms with Crippen LogP contribution in [0.25, 0.3) is 6.08 Å². The van der Waals surface area contributed by atoms with E-state index in [2.05, 4.69) is 11.9 Å². The molecule has 0 atom stereocenters. The molecule has 2 aromatic rings. The summed E-state index contributed by atoms with van der Waals surface area (Å²) < 4.78 is 0. The number of amidine groups is 1. The molecule has 1 heterocycles. The summed E-state index contributed by atoms with van der Waals surface area (Å²) in [5.41, 5.74) is 1.67. The van der Waals surface area contributed by atoms with Crippen LogP contribution in [0, 0.1) is 0 Å². The Morgan fingerprint density at radius 2 is 1.85 bits per heavy atom. The van der Waals surface area contributed by atoms with Crippen molar-refractivity contribution in [1.82, 2.24) is 4.90 Å². The van der Waals surface area contributed by atoms with Gasteiger partial charge in [0, 0.05) is 6.54 Å². The fourth-order valence-electron chi connectivity index (χ4n) is 2.58. The molecule has 5 nitrogen and oxygen atoms in total. The van der Waals surface area contributed by atoms with Gasteiger partial charge in [-0.1, -0.05) is 55.8 Å². The molecule has 1 aliphatic rings. The van der Waals surface area contributed by atoms with Crippen molar-refractivity contribution in [3.8, 4) is 0 Å². The third kappa shape index (κ3) is 4.65. The quantitative estimate of drug-likeness (QED) is 0.721. The SMILES string of the molecule is CCCCN1C(=O)/C(=C\c2ccc(C(=O)[O-])cc2)SC1=Nc1ccccc1. The van der Waals surface area contributed by atoms with E-state index in [-0.39, 0.29) is 11.5 Å². The molecule has 0 aromatic heterocycles. The van der Waals surface area contributed by atoms with E-state index < -0.39 is 5.97 Å². The summed E-state index contributed by atoms with van der Waals surface area (Å²) in [7, 11) is 0. The van der Waals surface area contributed by atoms with Gasteiger partial charge in [0.25, 0.3) is 5.91 Å². The Morgan fingerprint density at radius 1 is 1.15 bits per heavy atom. The summed E-state index contributed by atoms with van der Waals surface area (Å²) in [6, 6.07) is 15.8. The first-order valence-electron chi connectivity index (χ1n) is 8.75. The minimum atomic E-state index is -1.22. The highest BCUT2D eigenvalue weighted by atomic mass is 32.2. The second-order valence-corrected chi connectivity index (χ2v) is 7.07. The van der Waals surface area contributed by atoms with Crippen LogP contribution < -0.4 is 5.11 Å². The number of rotatable bonds is 6. The summed E-state index contributed by atoms with van der Waals surface area (Å²) in [6.45, 7) is 2.70. The van der Waals surface area contributed by atoms with E-state index in [0.717, 1.165) is 24.1 Å². The van der Waals surface area contributed by atoms with Gasteiger partial charge in [-0.15, -0.1) is 0 Å². The van der Waals surface area contributed by atoms with Crippen LogP contribution in [0.5, 0.6) is 0 Å². The Kier molecular flexibility index (Phi) is 6.08. The fourth-order valence-corrected chi connectivity index (χ4v) is 3.61. The Labute approximate surface area is 162 Å². The molecule has 0 spiro atoms. The molecule has 138 valence electrons. The molecule has 0 N–H and O–H groups in total. The smallest absolute Gasteiger partial charge is 0.266 e. The Balaban J connectivity index is 1.89. The second-order valence-electron chi connectivity index (χ2n) is 6.06. The standard InChI is InChI=1S/C21H20N2O3S/c1-2-3-13-23-19(24)18(14-15-9-11-16(12-10-15)20(25)26)27-21(23)22-17-7-5-4-6-8-17/h4-12,14H,2-3,13H2,1H3,(H,25,26)/p-1/b18-14+,22-21?. The van der Waals surface area contributed by atoms with Gasteiger partial charge in [0.15, 0.2) is 5.17 Å². The molecular weight excluding hydrogens is 360 g/mol. The number of carboxylic acid groups (broad SMARTS) is 1. The molecule has 0 unspecified atom stereocenters. The van der Waals surface area contributed by atoms with Crippen molar-refractivity contribution in [2.45, 2.75) is 19.8 Å². The molecular formula is C21H19N2O3S-. The second kappa shape index (κ2) is 8.68. The van der Waals surface area contributed by atoms with Crippen LogP contribution in [-0.2, 0) is 4.79 Å². The van der Waals surface area contributed by atoms with E-state index in [9.17, 15) is 14.7 Å². The summed E-state index contributed by atoms with van der Waals surface area (Å²) in [5, 5.41) is 11.5. The topological polar surface area (TPSA) is 72.8 Å². The average molecular weight is 379 g/mol.